The second-order valence-electron chi connectivity index (χ2n) is 5.22. The van der Waals surface area contributed by atoms with E-state index in [-0.39, 0.29) is 11.4 Å². The molecule has 1 N–H and O–H groups in total. The summed E-state index contributed by atoms with van der Waals surface area (Å²) in [6, 6.07) is 2.77. The van der Waals surface area contributed by atoms with Crippen LogP contribution in [0.1, 0.15) is 16.9 Å². The molecule has 0 aliphatic carbocycles. The molecule has 1 aliphatic rings. The number of nitrogens with one attached hydrogen (secondary N) is 1. The Bertz CT molecular complexity index is 522. The van der Waals surface area contributed by atoms with Gasteiger partial charge < -0.3 is 15.0 Å². The third-order valence-corrected chi connectivity index (χ3v) is 3.43. The van der Waals surface area contributed by atoms with E-state index in [1.54, 1.807) is 4.90 Å². The van der Waals surface area contributed by atoms with Crippen LogP contribution < -0.4 is 10.1 Å². The molecular weight excluding hydrogens is 299 g/mol. The van der Waals surface area contributed by atoms with Crippen molar-refractivity contribution in [3.63, 3.8) is 0 Å². The number of ether oxygens (including phenoxy) is 1. The second kappa shape index (κ2) is 6.95. The van der Waals surface area contributed by atoms with Gasteiger partial charge in [0.05, 0.1) is 0 Å². The van der Waals surface area contributed by atoms with E-state index in [9.17, 15) is 18.0 Å². The number of hydrogen-bond donors (Lipinski definition) is 1. The van der Waals surface area contributed by atoms with Gasteiger partial charge in [0, 0.05) is 19.3 Å². The number of carbonyl (C=O) groups excluding carboxylic acids is 1. The summed E-state index contributed by atoms with van der Waals surface area (Å²) in [5.74, 6) is -0.185. The Hall–Kier alpha value is -1.83. The molecule has 1 amide bonds. The molecule has 8 heteroatoms. The second-order valence-corrected chi connectivity index (χ2v) is 5.22. The lowest BCUT2D eigenvalue weighted by molar-refractivity contribution is -0.153. The summed E-state index contributed by atoms with van der Waals surface area (Å²) in [7, 11) is 1.84. The van der Waals surface area contributed by atoms with E-state index in [1.165, 1.54) is 18.3 Å². The van der Waals surface area contributed by atoms with E-state index in [0.29, 0.717) is 19.0 Å². The highest BCUT2D eigenvalue weighted by Gasteiger charge is 2.31. The van der Waals surface area contributed by atoms with Crippen LogP contribution in [0.4, 0.5) is 13.2 Å². The maximum absolute atomic E-state index is 12.4. The van der Waals surface area contributed by atoms with Crippen molar-refractivity contribution in [1.82, 2.24) is 15.2 Å². The Morgan fingerprint density at radius 1 is 1.55 bits per heavy atom. The normalized spacial score (nSPS) is 18.5. The minimum atomic E-state index is -4.46. The van der Waals surface area contributed by atoms with Gasteiger partial charge >= 0.3 is 6.18 Å². The van der Waals surface area contributed by atoms with Gasteiger partial charge in [-0.1, -0.05) is 0 Å². The Morgan fingerprint density at radius 3 is 3.00 bits per heavy atom. The van der Waals surface area contributed by atoms with Crippen LogP contribution in [0.25, 0.3) is 0 Å². The highest BCUT2D eigenvalue weighted by atomic mass is 19.4. The molecular formula is C14H18F3N3O2. The number of nitrogens with zero attached hydrogens (tertiary/aromatic N) is 2. The fraction of sp³-hybridized carbons (Fsp3) is 0.571. The van der Waals surface area contributed by atoms with Crippen molar-refractivity contribution in [2.24, 2.45) is 5.92 Å². The van der Waals surface area contributed by atoms with E-state index in [4.69, 9.17) is 4.74 Å². The van der Waals surface area contributed by atoms with Crippen molar-refractivity contribution in [3.05, 3.63) is 24.0 Å². The summed E-state index contributed by atoms with van der Waals surface area (Å²) < 4.78 is 41.5. The molecule has 22 heavy (non-hydrogen) atoms. The lowest BCUT2D eigenvalue weighted by Crippen LogP contribution is -2.31. The summed E-state index contributed by atoms with van der Waals surface area (Å²) in [5, 5.41) is 3.05. The first-order valence-electron chi connectivity index (χ1n) is 6.99. The van der Waals surface area contributed by atoms with Gasteiger partial charge in [-0.25, -0.2) is 4.98 Å². The molecule has 0 radical (unpaired) electrons. The van der Waals surface area contributed by atoms with Gasteiger partial charge in [0.15, 0.2) is 18.1 Å². The summed E-state index contributed by atoms with van der Waals surface area (Å²) >= 11 is 0. The Morgan fingerprint density at radius 2 is 2.32 bits per heavy atom. The number of pyridine rings is 1. The van der Waals surface area contributed by atoms with E-state index in [0.717, 1.165) is 13.0 Å². The molecule has 0 saturated carbocycles. The highest BCUT2D eigenvalue weighted by molar-refractivity contribution is 5.95. The molecule has 2 rings (SSSR count). The third kappa shape index (κ3) is 4.33. The van der Waals surface area contributed by atoms with Crippen LogP contribution in [0.5, 0.6) is 5.75 Å². The zero-order valence-electron chi connectivity index (χ0n) is 12.2. The predicted octanol–water partition coefficient (Wildman–Crippen LogP) is 1.70. The Balaban J connectivity index is 2.07. The minimum Gasteiger partial charge on any atom is -0.482 e. The van der Waals surface area contributed by atoms with E-state index < -0.39 is 18.7 Å². The predicted molar refractivity (Wildman–Crippen MR) is 73.7 cm³/mol. The summed E-state index contributed by atoms with van der Waals surface area (Å²) in [6.07, 6.45) is -2.23. The topological polar surface area (TPSA) is 54.5 Å². The maximum atomic E-state index is 12.4. The minimum absolute atomic E-state index is 0.0724. The van der Waals surface area contributed by atoms with E-state index in [2.05, 4.69) is 10.3 Å². The number of amides is 1. The molecule has 5 nitrogen and oxygen atoms in total. The summed E-state index contributed by atoms with van der Waals surface area (Å²) in [4.78, 5) is 17.9. The number of hydrogen-bond acceptors (Lipinski definition) is 4. The van der Waals surface area contributed by atoms with E-state index in [1.807, 2.05) is 7.05 Å². The lowest BCUT2D eigenvalue weighted by atomic mass is 10.1. The van der Waals surface area contributed by atoms with Gasteiger partial charge in [0.1, 0.15) is 0 Å². The molecule has 1 aromatic heterocycles. The molecule has 1 aromatic rings. The zero-order chi connectivity index (χ0) is 16.2. The van der Waals surface area contributed by atoms with Crippen LogP contribution in [-0.2, 0) is 0 Å². The van der Waals surface area contributed by atoms with Crippen molar-refractivity contribution in [2.75, 3.05) is 33.3 Å². The van der Waals surface area contributed by atoms with Gasteiger partial charge in [-0.3, -0.25) is 4.79 Å². The molecule has 1 saturated heterocycles. The first-order chi connectivity index (χ1) is 10.4. The highest BCUT2D eigenvalue weighted by Crippen LogP contribution is 2.24. The van der Waals surface area contributed by atoms with Crippen LogP contribution in [0.2, 0.25) is 0 Å². The Labute approximate surface area is 126 Å². The Kier molecular flexibility index (Phi) is 5.23. The first-order valence-corrected chi connectivity index (χ1v) is 6.99. The van der Waals surface area contributed by atoms with Crippen LogP contribution in [0.15, 0.2) is 18.3 Å². The molecule has 122 valence electrons. The van der Waals surface area contributed by atoms with Crippen molar-refractivity contribution in [3.8, 4) is 5.75 Å². The molecule has 0 bridgehead atoms. The molecule has 1 unspecified atom stereocenters. The largest absolute Gasteiger partial charge is 0.482 e. The SMILES string of the molecule is CNCC1CCN(C(=O)c2ncccc2OCC(F)(F)F)C1. The third-order valence-electron chi connectivity index (χ3n) is 3.43. The number of alkyl halides is 3. The average molecular weight is 317 g/mol. The first kappa shape index (κ1) is 16.5. The number of aromatic nitrogens is 1. The lowest BCUT2D eigenvalue weighted by Gasteiger charge is -2.18. The van der Waals surface area contributed by atoms with Crippen molar-refractivity contribution in [1.29, 1.82) is 0 Å². The summed E-state index contributed by atoms with van der Waals surface area (Å²) in [5.41, 5.74) is -0.0724. The quantitative estimate of drug-likeness (QED) is 0.898. The van der Waals surface area contributed by atoms with Gasteiger partial charge in [-0.15, -0.1) is 0 Å². The van der Waals surface area contributed by atoms with Crippen molar-refractivity contribution < 1.29 is 22.7 Å². The monoisotopic (exact) mass is 317 g/mol. The van der Waals surface area contributed by atoms with Gasteiger partial charge in [-0.2, -0.15) is 13.2 Å². The van der Waals surface area contributed by atoms with Gasteiger partial charge in [-0.05, 0) is 38.1 Å². The average Bonchev–Trinajstić information content (AvgIpc) is 2.93. The van der Waals surface area contributed by atoms with Crippen LogP contribution >= 0.6 is 0 Å². The molecule has 2 heterocycles. The van der Waals surface area contributed by atoms with Gasteiger partial charge in [0.2, 0.25) is 0 Å². The summed E-state index contributed by atoms with van der Waals surface area (Å²) in [6.45, 7) is 0.486. The number of likely N-dealkylation sites (tertiary alicyclic amines) is 1. The molecule has 0 spiro atoms. The maximum Gasteiger partial charge on any atom is 0.422 e. The van der Waals surface area contributed by atoms with E-state index >= 15 is 0 Å². The van der Waals surface area contributed by atoms with Crippen molar-refractivity contribution in [2.45, 2.75) is 12.6 Å². The number of rotatable bonds is 5. The van der Waals surface area contributed by atoms with Crippen LogP contribution in [-0.4, -0.2) is 55.3 Å². The van der Waals surface area contributed by atoms with Crippen LogP contribution in [0.3, 0.4) is 0 Å². The molecule has 1 atom stereocenters. The number of halogens is 3. The zero-order valence-corrected chi connectivity index (χ0v) is 12.2. The standard InChI is InChI=1S/C14H18F3N3O2/c1-18-7-10-4-6-20(8-10)13(21)12-11(3-2-5-19-12)22-9-14(15,16)17/h2-3,5,10,18H,4,6-9H2,1H3. The molecule has 1 fully saturated rings. The fourth-order valence-electron chi connectivity index (χ4n) is 2.45. The smallest absolute Gasteiger partial charge is 0.422 e. The number of carbonyl (C=O) groups is 1. The molecule has 0 aromatic carbocycles. The van der Waals surface area contributed by atoms with Crippen LogP contribution in [0, 0.1) is 5.92 Å². The molecule has 1 aliphatic heterocycles. The van der Waals surface area contributed by atoms with Crippen molar-refractivity contribution >= 4 is 5.91 Å². The fourth-order valence-corrected chi connectivity index (χ4v) is 2.45. The van der Waals surface area contributed by atoms with Gasteiger partial charge in [0.25, 0.3) is 5.91 Å².